The number of alkyl halides is 1. The summed E-state index contributed by atoms with van der Waals surface area (Å²) in [5, 5.41) is 0. The van der Waals surface area contributed by atoms with Crippen molar-refractivity contribution in [3.8, 4) is 5.75 Å². The van der Waals surface area contributed by atoms with Gasteiger partial charge in [0.2, 0.25) is 0 Å². The van der Waals surface area contributed by atoms with Crippen molar-refractivity contribution in [2.75, 3.05) is 20.8 Å². The minimum Gasteiger partial charge on any atom is -0.409 e. The number of nitrogens with zero attached hydrogens (tertiary/aromatic N) is 1. The second-order valence-electron chi connectivity index (χ2n) is 3.73. The first-order chi connectivity index (χ1) is 7.61. The number of rotatable bonds is 6. The first kappa shape index (κ1) is 13.3. The molecule has 0 aliphatic heterocycles. The van der Waals surface area contributed by atoms with E-state index in [0.29, 0.717) is 6.42 Å². The van der Waals surface area contributed by atoms with Gasteiger partial charge in [-0.1, -0.05) is 12.1 Å². The Labute approximate surface area is 100 Å². The van der Waals surface area contributed by atoms with Crippen LogP contribution in [0.25, 0.3) is 0 Å². The average molecular weight is 244 g/mol. The molecule has 0 aromatic heterocycles. The molecule has 1 aromatic rings. The number of hydrogen-bond acceptors (Lipinski definition) is 4. The maximum absolute atomic E-state index is 12.2. The summed E-state index contributed by atoms with van der Waals surface area (Å²) in [6.45, 7) is -0.491. The number of hydrogen-bond donors (Lipinski definition) is 1. The zero-order valence-corrected chi connectivity index (χ0v) is 10.3. The fourth-order valence-corrected chi connectivity index (χ4v) is 1.50. The molecule has 1 rings (SSSR count). The largest absolute Gasteiger partial charge is 0.409 e. The minimum absolute atomic E-state index is 0.414. The van der Waals surface area contributed by atoms with Gasteiger partial charge in [-0.3, -0.25) is 0 Å². The lowest BCUT2D eigenvalue weighted by molar-refractivity contribution is 0.427. The molecule has 0 bridgehead atoms. The fraction of sp³-hybridized carbons (Fsp3) is 0.455. The van der Waals surface area contributed by atoms with Crippen molar-refractivity contribution in [1.29, 1.82) is 0 Å². The second-order valence-corrected chi connectivity index (χ2v) is 4.78. The highest BCUT2D eigenvalue weighted by atomic mass is 32.2. The molecule has 0 saturated carbocycles. The molecule has 0 aliphatic carbocycles. The average Bonchev–Trinajstić information content (AvgIpc) is 2.28. The van der Waals surface area contributed by atoms with E-state index in [-0.39, 0.29) is 0 Å². The van der Waals surface area contributed by atoms with Gasteiger partial charge in [0.1, 0.15) is 24.7 Å². The van der Waals surface area contributed by atoms with Crippen molar-refractivity contribution < 1.29 is 8.57 Å². The molecule has 0 aliphatic rings. The quantitative estimate of drug-likeness (QED) is 0.614. The Hall–Kier alpha value is -0.780. The third-order valence-corrected chi connectivity index (χ3v) is 2.47. The second kappa shape index (κ2) is 6.73. The molecular weight excluding hydrogens is 227 g/mol. The monoisotopic (exact) mass is 244 g/mol. The number of nitrogens with two attached hydrogens (primary N) is 1. The van der Waals surface area contributed by atoms with Gasteiger partial charge >= 0.3 is 0 Å². The third-order valence-electron chi connectivity index (χ3n) is 1.90. The first-order valence-electron chi connectivity index (χ1n) is 5.04. The predicted octanol–water partition coefficient (Wildman–Crippen LogP) is 2.03. The molecule has 0 spiro atoms. The van der Waals surface area contributed by atoms with Crippen molar-refractivity contribution in [2.45, 2.75) is 12.5 Å². The number of halogens is 1. The van der Waals surface area contributed by atoms with Gasteiger partial charge in [-0.2, -0.15) is 0 Å². The zero-order chi connectivity index (χ0) is 12.0. The van der Waals surface area contributed by atoms with Crippen LogP contribution in [0.15, 0.2) is 24.3 Å². The van der Waals surface area contributed by atoms with Gasteiger partial charge in [-0.05, 0) is 24.1 Å². The molecule has 1 unspecified atom stereocenters. The van der Waals surface area contributed by atoms with Crippen molar-refractivity contribution in [1.82, 2.24) is 4.31 Å². The van der Waals surface area contributed by atoms with E-state index in [1.54, 1.807) is 0 Å². The van der Waals surface area contributed by atoms with Crippen LogP contribution in [0.1, 0.15) is 5.56 Å². The topological polar surface area (TPSA) is 38.5 Å². The maximum atomic E-state index is 12.2. The predicted molar refractivity (Wildman–Crippen MR) is 66.0 cm³/mol. The van der Waals surface area contributed by atoms with Crippen LogP contribution in [0.5, 0.6) is 5.75 Å². The molecule has 0 radical (unpaired) electrons. The minimum atomic E-state index is -0.491. The van der Waals surface area contributed by atoms with E-state index in [1.807, 2.05) is 42.7 Å². The Morgan fingerprint density at radius 1 is 1.38 bits per heavy atom. The van der Waals surface area contributed by atoms with Crippen molar-refractivity contribution in [2.24, 2.45) is 5.73 Å². The molecule has 0 fully saturated rings. The summed E-state index contributed by atoms with van der Waals surface area (Å²) in [6.07, 6.45) is 0.553. The number of benzene rings is 1. The fourth-order valence-electron chi connectivity index (χ4n) is 1.16. The van der Waals surface area contributed by atoms with Crippen LogP contribution in [0.3, 0.4) is 0 Å². The standard InChI is InChI=1S/C11H17FN2OS/c1-14(2)16-15-11-5-3-9(4-6-11)7-10(13)8-12/h3-6,10H,7-8,13H2,1-2H3. The molecule has 1 atom stereocenters. The Morgan fingerprint density at radius 3 is 2.50 bits per heavy atom. The molecule has 0 saturated heterocycles. The van der Waals surface area contributed by atoms with E-state index in [2.05, 4.69) is 0 Å². The molecule has 5 heteroatoms. The molecular formula is C11H17FN2OS. The van der Waals surface area contributed by atoms with Gasteiger partial charge in [-0.25, -0.2) is 8.70 Å². The highest BCUT2D eigenvalue weighted by Crippen LogP contribution is 2.18. The van der Waals surface area contributed by atoms with E-state index >= 15 is 0 Å². The Morgan fingerprint density at radius 2 is 2.00 bits per heavy atom. The van der Waals surface area contributed by atoms with Gasteiger partial charge < -0.3 is 9.92 Å². The SMILES string of the molecule is CN(C)SOc1ccc(CC(N)CF)cc1. The summed E-state index contributed by atoms with van der Waals surface area (Å²) in [5.74, 6) is 0.774. The van der Waals surface area contributed by atoms with Crippen molar-refractivity contribution in [3.63, 3.8) is 0 Å². The molecule has 0 amide bonds. The van der Waals surface area contributed by atoms with Gasteiger partial charge in [0.15, 0.2) is 0 Å². The Bertz CT molecular complexity index is 305. The summed E-state index contributed by atoms with van der Waals surface area (Å²) in [4.78, 5) is 0. The summed E-state index contributed by atoms with van der Waals surface area (Å²) >= 11 is 1.26. The Kier molecular flexibility index (Phi) is 5.59. The first-order valence-corrected chi connectivity index (χ1v) is 5.74. The smallest absolute Gasteiger partial charge is 0.146 e. The maximum Gasteiger partial charge on any atom is 0.146 e. The third kappa shape index (κ3) is 4.83. The normalized spacial score (nSPS) is 12.8. The Balaban J connectivity index is 2.47. The van der Waals surface area contributed by atoms with Gasteiger partial charge in [-0.15, -0.1) is 0 Å². The van der Waals surface area contributed by atoms with Crippen LogP contribution in [-0.4, -0.2) is 31.1 Å². The van der Waals surface area contributed by atoms with Crippen LogP contribution in [0.4, 0.5) is 4.39 Å². The lowest BCUT2D eigenvalue weighted by Gasteiger charge is -2.10. The van der Waals surface area contributed by atoms with E-state index in [9.17, 15) is 4.39 Å². The highest BCUT2D eigenvalue weighted by Gasteiger charge is 2.03. The summed E-state index contributed by atoms with van der Waals surface area (Å²) in [6, 6.07) is 7.11. The van der Waals surface area contributed by atoms with Crippen LogP contribution in [-0.2, 0) is 6.42 Å². The summed E-state index contributed by atoms with van der Waals surface area (Å²) in [7, 11) is 3.80. The van der Waals surface area contributed by atoms with Crippen LogP contribution >= 0.6 is 12.2 Å². The van der Waals surface area contributed by atoms with Gasteiger partial charge in [0, 0.05) is 20.1 Å². The molecule has 90 valence electrons. The van der Waals surface area contributed by atoms with Crippen LogP contribution < -0.4 is 9.92 Å². The van der Waals surface area contributed by atoms with Crippen molar-refractivity contribution >= 4 is 12.2 Å². The van der Waals surface area contributed by atoms with E-state index in [1.165, 1.54) is 12.2 Å². The summed E-state index contributed by atoms with van der Waals surface area (Å²) < 4.78 is 19.4. The lowest BCUT2D eigenvalue weighted by Crippen LogP contribution is -2.24. The van der Waals surface area contributed by atoms with Crippen LogP contribution in [0.2, 0.25) is 0 Å². The van der Waals surface area contributed by atoms with Crippen molar-refractivity contribution in [3.05, 3.63) is 29.8 Å². The lowest BCUT2D eigenvalue weighted by atomic mass is 10.1. The van der Waals surface area contributed by atoms with E-state index in [0.717, 1.165) is 11.3 Å². The van der Waals surface area contributed by atoms with Gasteiger partial charge in [0.05, 0.1) is 0 Å². The molecule has 3 nitrogen and oxygen atoms in total. The van der Waals surface area contributed by atoms with E-state index in [4.69, 9.17) is 9.92 Å². The van der Waals surface area contributed by atoms with E-state index < -0.39 is 12.7 Å². The van der Waals surface area contributed by atoms with Gasteiger partial charge in [0.25, 0.3) is 0 Å². The molecule has 16 heavy (non-hydrogen) atoms. The molecule has 1 aromatic carbocycles. The summed E-state index contributed by atoms with van der Waals surface area (Å²) in [5.41, 5.74) is 6.55. The molecule has 0 heterocycles. The molecule has 2 N–H and O–H groups in total. The zero-order valence-electron chi connectivity index (χ0n) is 9.52. The van der Waals surface area contributed by atoms with Crippen LogP contribution in [0, 0.1) is 0 Å². The highest BCUT2D eigenvalue weighted by molar-refractivity contribution is 7.92.